The minimum atomic E-state index is -0.0870. The number of methoxy groups -OCH3 is 1. The number of carbonyl (C=O) groups is 1. The summed E-state index contributed by atoms with van der Waals surface area (Å²) < 4.78 is 5.16. The Morgan fingerprint density at radius 1 is 1.32 bits per heavy atom. The molecule has 122 valence electrons. The van der Waals surface area contributed by atoms with E-state index < -0.39 is 0 Å². The van der Waals surface area contributed by atoms with E-state index in [9.17, 15) is 9.90 Å². The summed E-state index contributed by atoms with van der Waals surface area (Å²) in [6, 6.07) is 7.84. The van der Waals surface area contributed by atoms with Crippen LogP contribution in [-0.4, -0.2) is 42.8 Å². The van der Waals surface area contributed by atoms with E-state index in [4.69, 9.17) is 4.74 Å². The highest BCUT2D eigenvalue weighted by molar-refractivity contribution is 5.90. The van der Waals surface area contributed by atoms with Gasteiger partial charge in [0.15, 0.2) is 0 Å². The number of nitrogens with one attached hydrogen (secondary N) is 1. The van der Waals surface area contributed by atoms with Crippen molar-refractivity contribution in [1.29, 1.82) is 0 Å². The first-order chi connectivity index (χ1) is 10.7. The summed E-state index contributed by atoms with van der Waals surface area (Å²) in [6.07, 6.45) is 3.88. The van der Waals surface area contributed by atoms with Crippen LogP contribution in [-0.2, 0) is 11.3 Å². The second-order valence-corrected chi connectivity index (χ2v) is 5.99. The Morgan fingerprint density at radius 2 is 2.00 bits per heavy atom. The van der Waals surface area contributed by atoms with Crippen molar-refractivity contribution >= 4 is 11.7 Å². The number of carbonyl (C=O) groups excluding carboxylic acids is 1. The maximum atomic E-state index is 12.4. The minimum Gasteiger partial charge on any atom is -0.396 e. The van der Waals surface area contributed by atoms with Crippen LogP contribution in [0.5, 0.6) is 0 Å². The van der Waals surface area contributed by atoms with Gasteiger partial charge in [-0.2, -0.15) is 0 Å². The highest BCUT2D eigenvalue weighted by Crippen LogP contribution is 2.27. The maximum Gasteiger partial charge on any atom is 0.321 e. The summed E-state index contributed by atoms with van der Waals surface area (Å²) in [6.45, 7) is 0.731. The molecule has 22 heavy (non-hydrogen) atoms. The number of benzene rings is 1. The van der Waals surface area contributed by atoms with Crippen molar-refractivity contribution in [3.05, 3.63) is 29.8 Å². The minimum absolute atomic E-state index is 0.0870. The average Bonchev–Trinajstić information content (AvgIpc) is 2.56. The van der Waals surface area contributed by atoms with Crippen molar-refractivity contribution in [2.75, 3.05) is 26.1 Å². The molecule has 0 aliphatic heterocycles. The van der Waals surface area contributed by atoms with E-state index >= 15 is 0 Å². The fourth-order valence-corrected chi connectivity index (χ4v) is 3.01. The number of hydrogen-bond donors (Lipinski definition) is 2. The number of nitrogens with zero attached hydrogens (tertiary/aromatic N) is 1. The topological polar surface area (TPSA) is 61.8 Å². The summed E-state index contributed by atoms with van der Waals surface area (Å²) in [5.74, 6) is 0.398. The number of aliphatic hydroxyl groups excluding tert-OH is 1. The molecule has 1 aliphatic rings. The number of amides is 2. The Labute approximate surface area is 132 Å². The highest BCUT2D eigenvalue weighted by Gasteiger charge is 2.26. The van der Waals surface area contributed by atoms with Crippen molar-refractivity contribution in [2.45, 2.75) is 38.3 Å². The monoisotopic (exact) mass is 306 g/mol. The Morgan fingerprint density at radius 3 is 2.64 bits per heavy atom. The Hall–Kier alpha value is -1.59. The van der Waals surface area contributed by atoms with Gasteiger partial charge in [0.05, 0.1) is 6.61 Å². The lowest BCUT2D eigenvalue weighted by Gasteiger charge is -2.34. The van der Waals surface area contributed by atoms with Crippen molar-refractivity contribution in [3.63, 3.8) is 0 Å². The lowest BCUT2D eigenvalue weighted by molar-refractivity contribution is 0.139. The molecule has 0 aromatic heterocycles. The zero-order chi connectivity index (χ0) is 15.9. The van der Waals surface area contributed by atoms with Gasteiger partial charge in [0, 0.05) is 38.1 Å². The lowest BCUT2D eigenvalue weighted by atomic mass is 9.86. The molecule has 0 spiro atoms. The van der Waals surface area contributed by atoms with Gasteiger partial charge < -0.3 is 20.1 Å². The first kappa shape index (κ1) is 16.8. The van der Waals surface area contributed by atoms with E-state index in [-0.39, 0.29) is 18.7 Å². The van der Waals surface area contributed by atoms with E-state index in [2.05, 4.69) is 5.32 Å². The third kappa shape index (κ3) is 4.21. The van der Waals surface area contributed by atoms with Crippen LogP contribution in [0.25, 0.3) is 0 Å². The molecule has 0 bridgehead atoms. The second-order valence-electron chi connectivity index (χ2n) is 5.99. The van der Waals surface area contributed by atoms with E-state index in [1.807, 2.05) is 31.3 Å². The average molecular weight is 306 g/mol. The van der Waals surface area contributed by atoms with Crippen LogP contribution in [0.3, 0.4) is 0 Å². The van der Waals surface area contributed by atoms with Crippen LogP contribution >= 0.6 is 0 Å². The van der Waals surface area contributed by atoms with Gasteiger partial charge in [-0.15, -0.1) is 0 Å². The Bertz CT molecular complexity index is 485. The molecule has 1 aliphatic carbocycles. The zero-order valence-electron chi connectivity index (χ0n) is 13.4. The van der Waals surface area contributed by atoms with Crippen LogP contribution in [0.2, 0.25) is 0 Å². The Kier molecular flexibility index (Phi) is 6.21. The molecule has 2 rings (SSSR count). The van der Waals surface area contributed by atoms with Crippen molar-refractivity contribution in [1.82, 2.24) is 4.90 Å². The lowest BCUT2D eigenvalue weighted by Crippen LogP contribution is -2.42. The molecule has 2 amide bonds. The van der Waals surface area contributed by atoms with Crippen LogP contribution in [0, 0.1) is 5.92 Å². The summed E-state index contributed by atoms with van der Waals surface area (Å²) in [7, 11) is 3.49. The summed E-state index contributed by atoms with van der Waals surface area (Å²) in [5.41, 5.74) is 1.76. The molecule has 5 heteroatoms. The molecule has 1 saturated carbocycles. The third-order valence-corrected chi connectivity index (χ3v) is 4.50. The van der Waals surface area contributed by atoms with E-state index in [1.165, 1.54) is 0 Å². The molecule has 0 heterocycles. The number of para-hydroxylation sites is 1. The SMILES string of the molecule is COCc1ccccc1NC(=O)N(C)C1CCC(CO)CC1. The standard InChI is InChI=1S/C17H26N2O3/c1-19(15-9-7-13(11-20)8-10-15)17(21)18-16-6-4-3-5-14(16)12-22-2/h3-6,13,15,20H,7-12H2,1-2H3,(H,18,21). The Balaban J connectivity index is 1.94. The maximum absolute atomic E-state index is 12.4. The molecule has 1 aromatic rings. The van der Waals surface area contributed by atoms with Gasteiger partial charge in [-0.25, -0.2) is 4.79 Å². The number of anilines is 1. The second kappa shape index (κ2) is 8.15. The third-order valence-electron chi connectivity index (χ3n) is 4.50. The first-order valence-corrected chi connectivity index (χ1v) is 7.87. The molecule has 5 nitrogen and oxygen atoms in total. The van der Waals surface area contributed by atoms with E-state index in [1.54, 1.807) is 12.0 Å². The fraction of sp³-hybridized carbons (Fsp3) is 0.588. The fourth-order valence-electron chi connectivity index (χ4n) is 3.01. The molecular formula is C17H26N2O3. The zero-order valence-corrected chi connectivity index (χ0v) is 13.4. The van der Waals surface area contributed by atoms with Gasteiger partial charge in [0.25, 0.3) is 0 Å². The van der Waals surface area contributed by atoms with Crippen LogP contribution < -0.4 is 5.32 Å². The predicted molar refractivity (Wildman–Crippen MR) is 86.8 cm³/mol. The molecule has 1 fully saturated rings. The molecule has 2 N–H and O–H groups in total. The van der Waals surface area contributed by atoms with Crippen LogP contribution in [0.4, 0.5) is 10.5 Å². The van der Waals surface area contributed by atoms with Gasteiger partial charge >= 0.3 is 6.03 Å². The molecule has 1 aromatic carbocycles. The van der Waals surface area contributed by atoms with Gasteiger partial charge in [-0.3, -0.25) is 0 Å². The summed E-state index contributed by atoms with van der Waals surface area (Å²) in [4.78, 5) is 14.2. The predicted octanol–water partition coefficient (Wildman–Crippen LogP) is 2.85. The van der Waals surface area contributed by atoms with Gasteiger partial charge in [0.2, 0.25) is 0 Å². The van der Waals surface area contributed by atoms with Crippen LogP contribution in [0.15, 0.2) is 24.3 Å². The normalized spacial score (nSPS) is 21.4. The van der Waals surface area contributed by atoms with Crippen LogP contribution in [0.1, 0.15) is 31.2 Å². The number of ether oxygens (including phenoxy) is 1. The smallest absolute Gasteiger partial charge is 0.321 e. The number of rotatable bonds is 5. The van der Waals surface area contributed by atoms with E-state index in [0.29, 0.717) is 12.5 Å². The molecular weight excluding hydrogens is 280 g/mol. The van der Waals surface area contributed by atoms with Crippen molar-refractivity contribution in [3.8, 4) is 0 Å². The summed E-state index contributed by atoms with van der Waals surface area (Å²) in [5, 5.41) is 12.2. The van der Waals surface area contributed by atoms with Crippen molar-refractivity contribution < 1.29 is 14.6 Å². The quantitative estimate of drug-likeness (QED) is 0.879. The summed E-state index contributed by atoms with van der Waals surface area (Å²) >= 11 is 0. The van der Waals surface area contributed by atoms with Gasteiger partial charge in [0.1, 0.15) is 0 Å². The van der Waals surface area contributed by atoms with Crippen molar-refractivity contribution in [2.24, 2.45) is 5.92 Å². The van der Waals surface area contributed by atoms with E-state index in [0.717, 1.165) is 36.9 Å². The molecule has 0 radical (unpaired) electrons. The number of aliphatic hydroxyl groups is 1. The highest BCUT2D eigenvalue weighted by atomic mass is 16.5. The largest absolute Gasteiger partial charge is 0.396 e. The molecule has 0 atom stereocenters. The number of urea groups is 1. The molecule has 0 unspecified atom stereocenters. The van der Waals surface area contributed by atoms with Gasteiger partial charge in [-0.05, 0) is 37.7 Å². The van der Waals surface area contributed by atoms with Gasteiger partial charge in [-0.1, -0.05) is 18.2 Å². The molecule has 0 saturated heterocycles. The number of hydrogen-bond acceptors (Lipinski definition) is 3. The first-order valence-electron chi connectivity index (χ1n) is 7.87.